The van der Waals surface area contributed by atoms with E-state index in [-0.39, 0.29) is 0 Å². The van der Waals surface area contributed by atoms with Crippen LogP contribution in [0.5, 0.6) is 0 Å². The molecule has 4 rings (SSSR count). The smallest absolute Gasteiger partial charge is 0.110 e. The molecule has 2 aliphatic carbocycles. The van der Waals surface area contributed by atoms with Crippen LogP contribution in [-0.2, 0) is 18.9 Å². The Kier molecular flexibility index (Phi) is 3.52. The Morgan fingerprint density at radius 3 is 1.58 bits per heavy atom. The van der Waals surface area contributed by atoms with Gasteiger partial charge in [-0.1, -0.05) is 0 Å². The second-order valence-corrected chi connectivity index (χ2v) is 6.31. The average molecular weight is 268 g/mol. The van der Waals surface area contributed by atoms with Crippen LogP contribution >= 0.6 is 0 Å². The van der Waals surface area contributed by atoms with Crippen LogP contribution in [0.1, 0.15) is 44.9 Å². The minimum absolute atomic E-state index is 0.392. The first-order chi connectivity index (χ1) is 9.42. The van der Waals surface area contributed by atoms with Crippen molar-refractivity contribution in [3.8, 4) is 0 Å². The summed E-state index contributed by atoms with van der Waals surface area (Å²) in [6.07, 6.45) is 11.0. The summed E-state index contributed by atoms with van der Waals surface area (Å²) in [4.78, 5) is 0. The van der Waals surface area contributed by atoms with Gasteiger partial charge in [0.1, 0.15) is 12.2 Å². The zero-order chi connectivity index (χ0) is 12.7. The highest BCUT2D eigenvalue weighted by Crippen LogP contribution is 2.41. The Balaban J connectivity index is 0.999. The molecule has 2 saturated heterocycles. The minimum Gasteiger partial charge on any atom is -0.375 e. The maximum Gasteiger partial charge on any atom is 0.110 e. The Labute approximate surface area is 114 Å². The zero-order valence-electron chi connectivity index (χ0n) is 11.5. The first kappa shape index (κ1) is 12.6. The van der Waals surface area contributed by atoms with E-state index in [1.165, 1.54) is 32.1 Å². The molecule has 4 nitrogen and oxygen atoms in total. The number of hydrogen-bond acceptors (Lipinski definition) is 4. The zero-order valence-corrected chi connectivity index (χ0v) is 11.5. The maximum absolute atomic E-state index is 5.87. The first-order valence-electron chi connectivity index (χ1n) is 7.96. The van der Waals surface area contributed by atoms with E-state index in [2.05, 4.69) is 0 Å². The van der Waals surface area contributed by atoms with Crippen LogP contribution in [0.2, 0.25) is 0 Å². The molecule has 19 heavy (non-hydrogen) atoms. The van der Waals surface area contributed by atoms with Gasteiger partial charge < -0.3 is 18.9 Å². The van der Waals surface area contributed by atoms with Gasteiger partial charge in [0, 0.05) is 13.2 Å². The predicted molar refractivity (Wildman–Crippen MR) is 69.1 cm³/mol. The summed E-state index contributed by atoms with van der Waals surface area (Å²) >= 11 is 0. The number of ether oxygens (including phenoxy) is 4. The lowest BCUT2D eigenvalue weighted by atomic mass is 10.2. The second-order valence-electron chi connectivity index (χ2n) is 6.31. The Bertz CT molecular complexity index is 291. The molecule has 4 aliphatic rings. The van der Waals surface area contributed by atoms with Gasteiger partial charge >= 0.3 is 0 Å². The van der Waals surface area contributed by atoms with Crippen LogP contribution in [-0.4, -0.2) is 49.8 Å². The summed E-state index contributed by atoms with van der Waals surface area (Å²) in [5, 5.41) is 0. The van der Waals surface area contributed by atoms with Crippen molar-refractivity contribution in [2.24, 2.45) is 0 Å². The lowest BCUT2D eigenvalue weighted by Gasteiger charge is -2.13. The quantitative estimate of drug-likeness (QED) is 0.499. The first-order valence-corrected chi connectivity index (χ1v) is 7.96. The van der Waals surface area contributed by atoms with Crippen molar-refractivity contribution in [3.05, 3.63) is 0 Å². The summed E-state index contributed by atoms with van der Waals surface area (Å²) in [6, 6.07) is 0. The van der Waals surface area contributed by atoms with Crippen LogP contribution in [0.15, 0.2) is 0 Å². The highest BCUT2D eigenvalue weighted by Gasteiger charge is 2.51. The summed E-state index contributed by atoms with van der Waals surface area (Å²) in [5.74, 6) is 0. The SMILES string of the molecule is C(CCOC1CCC2OC12)CCOC1CCC2OC12. The molecular weight excluding hydrogens is 244 g/mol. The van der Waals surface area contributed by atoms with Crippen LogP contribution in [0.4, 0.5) is 0 Å². The van der Waals surface area contributed by atoms with Gasteiger partial charge in [0.15, 0.2) is 0 Å². The third kappa shape index (κ3) is 2.82. The molecule has 4 fully saturated rings. The molecule has 0 aromatic carbocycles. The molecule has 0 spiro atoms. The largest absolute Gasteiger partial charge is 0.375 e. The van der Waals surface area contributed by atoms with Gasteiger partial charge in [0.2, 0.25) is 0 Å². The third-order valence-electron chi connectivity index (χ3n) is 4.90. The highest BCUT2D eigenvalue weighted by atomic mass is 16.6. The molecular formula is C15H24O4. The van der Waals surface area contributed by atoms with Gasteiger partial charge in [0.05, 0.1) is 24.4 Å². The second kappa shape index (κ2) is 5.32. The van der Waals surface area contributed by atoms with Crippen molar-refractivity contribution >= 4 is 0 Å². The molecule has 6 unspecified atom stereocenters. The van der Waals surface area contributed by atoms with Gasteiger partial charge in [-0.3, -0.25) is 0 Å². The van der Waals surface area contributed by atoms with Crippen LogP contribution < -0.4 is 0 Å². The van der Waals surface area contributed by atoms with Crippen molar-refractivity contribution in [2.75, 3.05) is 13.2 Å². The van der Waals surface area contributed by atoms with Gasteiger partial charge in [-0.2, -0.15) is 0 Å². The van der Waals surface area contributed by atoms with Crippen molar-refractivity contribution in [3.63, 3.8) is 0 Å². The Hall–Kier alpha value is -0.160. The van der Waals surface area contributed by atoms with Gasteiger partial charge in [0.25, 0.3) is 0 Å². The number of epoxide rings is 2. The molecule has 108 valence electrons. The fourth-order valence-corrected chi connectivity index (χ4v) is 3.62. The molecule has 0 aromatic heterocycles. The predicted octanol–water partition coefficient (Wildman–Crippen LogP) is 2.05. The Morgan fingerprint density at radius 1 is 0.684 bits per heavy atom. The highest BCUT2D eigenvalue weighted by molar-refractivity contribution is 4.99. The Morgan fingerprint density at radius 2 is 1.21 bits per heavy atom. The molecule has 0 radical (unpaired) electrons. The van der Waals surface area contributed by atoms with Crippen molar-refractivity contribution < 1.29 is 18.9 Å². The fraction of sp³-hybridized carbons (Fsp3) is 1.00. The molecule has 6 atom stereocenters. The van der Waals surface area contributed by atoms with Gasteiger partial charge in [-0.15, -0.1) is 0 Å². The molecule has 0 N–H and O–H groups in total. The molecule has 0 aromatic rings. The molecule has 0 amide bonds. The number of rotatable bonds is 8. The number of fused-ring (bicyclic) bond motifs is 2. The molecule has 0 bridgehead atoms. The summed E-state index contributed by atoms with van der Waals surface area (Å²) in [6.45, 7) is 1.77. The number of unbranched alkanes of at least 4 members (excludes halogenated alkanes) is 2. The van der Waals surface area contributed by atoms with Gasteiger partial charge in [-0.25, -0.2) is 0 Å². The van der Waals surface area contributed by atoms with E-state index >= 15 is 0 Å². The van der Waals surface area contributed by atoms with E-state index < -0.39 is 0 Å². The van der Waals surface area contributed by atoms with E-state index in [0.717, 1.165) is 26.1 Å². The van der Waals surface area contributed by atoms with Crippen molar-refractivity contribution in [2.45, 2.75) is 81.6 Å². The molecule has 2 heterocycles. The molecule has 2 aliphatic heterocycles. The average Bonchev–Trinajstić information content (AvgIpc) is 3.31. The van der Waals surface area contributed by atoms with Crippen LogP contribution in [0, 0.1) is 0 Å². The van der Waals surface area contributed by atoms with E-state index in [0.29, 0.717) is 36.6 Å². The third-order valence-corrected chi connectivity index (χ3v) is 4.90. The van der Waals surface area contributed by atoms with Gasteiger partial charge in [-0.05, 0) is 44.9 Å². The topological polar surface area (TPSA) is 43.5 Å². The standard InChI is InChI=1S/C15H24O4/c1(2-8-16-10-4-6-12-14(10)18-12)3-9-17-11-5-7-13-15(11)19-13/h10-15H,1-9H2. The van der Waals surface area contributed by atoms with E-state index in [1.54, 1.807) is 0 Å². The lowest BCUT2D eigenvalue weighted by molar-refractivity contribution is 0.0158. The monoisotopic (exact) mass is 268 g/mol. The fourth-order valence-electron chi connectivity index (χ4n) is 3.62. The van der Waals surface area contributed by atoms with E-state index in [4.69, 9.17) is 18.9 Å². The summed E-state index contributed by atoms with van der Waals surface area (Å²) < 4.78 is 22.7. The minimum atomic E-state index is 0.392. The maximum atomic E-state index is 5.87. The summed E-state index contributed by atoms with van der Waals surface area (Å²) in [5.41, 5.74) is 0. The normalized spacial score (nSPS) is 46.1. The van der Waals surface area contributed by atoms with Crippen molar-refractivity contribution in [1.29, 1.82) is 0 Å². The molecule has 2 saturated carbocycles. The number of hydrogen-bond donors (Lipinski definition) is 0. The van der Waals surface area contributed by atoms with Crippen LogP contribution in [0.3, 0.4) is 0 Å². The van der Waals surface area contributed by atoms with Crippen molar-refractivity contribution in [1.82, 2.24) is 0 Å². The van der Waals surface area contributed by atoms with E-state index in [1.807, 2.05) is 0 Å². The molecule has 4 heteroatoms. The van der Waals surface area contributed by atoms with Crippen LogP contribution in [0.25, 0.3) is 0 Å². The van der Waals surface area contributed by atoms with E-state index in [9.17, 15) is 0 Å². The summed E-state index contributed by atoms with van der Waals surface area (Å²) in [7, 11) is 0. The lowest BCUT2D eigenvalue weighted by Crippen LogP contribution is -2.17.